The number of carbonyl (C=O) groups excluding carboxylic acids is 1. The molecule has 1 amide bonds. The molecular formula is C16H15N5O. The molecule has 110 valence electrons. The highest BCUT2D eigenvalue weighted by Crippen LogP contribution is 2.16. The van der Waals surface area contributed by atoms with Gasteiger partial charge in [0.05, 0.1) is 0 Å². The van der Waals surface area contributed by atoms with Crippen molar-refractivity contribution in [2.24, 2.45) is 0 Å². The van der Waals surface area contributed by atoms with Crippen LogP contribution >= 0.6 is 0 Å². The molecule has 2 aromatic carbocycles. The van der Waals surface area contributed by atoms with E-state index in [0.29, 0.717) is 6.42 Å². The summed E-state index contributed by atoms with van der Waals surface area (Å²) in [5.41, 5.74) is 1.80. The second-order valence-corrected chi connectivity index (χ2v) is 4.85. The lowest BCUT2D eigenvalue weighted by Gasteiger charge is -2.16. The first kappa shape index (κ1) is 13.9. The first-order valence-corrected chi connectivity index (χ1v) is 6.95. The number of rotatable bonds is 5. The van der Waals surface area contributed by atoms with Crippen molar-refractivity contribution in [3.05, 3.63) is 72.6 Å². The number of aromatic nitrogens is 4. The fraction of sp³-hybridized carbons (Fsp3) is 0.125. The lowest BCUT2D eigenvalue weighted by atomic mass is 10.1. The van der Waals surface area contributed by atoms with Crippen molar-refractivity contribution in [1.29, 1.82) is 0 Å². The van der Waals surface area contributed by atoms with Gasteiger partial charge in [0.25, 0.3) is 0 Å². The fourth-order valence-corrected chi connectivity index (χ4v) is 2.20. The Bertz CT molecular complexity index is 713. The quantitative estimate of drug-likeness (QED) is 0.782. The van der Waals surface area contributed by atoms with E-state index in [1.807, 2.05) is 60.7 Å². The van der Waals surface area contributed by atoms with Gasteiger partial charge in [-0.05, 0) is 28.1 Å². The van der Waals surface area contributed by atoms with Gasteiger partial charge in [0, 0.05) is 12.1 Å². The number of nitrogens with zero attached hydrogens (tertiary/aromatic N) is 4. The highest BCUT2D eigenvalue weighted by molar-refractivity contribution is 5.93. The maximum Gasteiger partial charge on any atom is 0.249 e. The fourth-order valence-electron chi connectivity index (χ4n) is 2.20. The normalized spacial score (nSPS) is 11.8. The van der Waals surface area contributed by atoms with Crippen LogP contribution in [0.1, 0.15) is 11.6 Å². The van der Waals surface area contributed by atoms with Gasteiger partial charge < -0.3 is 5.32 Å². The Labute approximate surface area is 127 Å². The summed E-state index contributed by atoms with van der Waals surface area (Å²) < 4.78 is 1.48. The molecule has 3 aromatic rings. The number of carbonyl (C=O) groups is 1. The molecule has 3 rings (SSSR count). The first-order chi connectivity index (χ1) is 10.8. The average molecular weight is 293 g/mol. The van der Waals surface area contributed by atoms with Crippen molar-refractivity contribution in [3.8, 4) is 0 Å². The number of tetrazole rings is 1. The third kappa shape index (κ3) is 3.35. The third-order valence-electron chi connectivity index (χ3n) is 3.30. The Morgan fingerprint density at radius 2 is 1.73 bits per heavy atom. The van der Waals surface area contributed by atoms with Gasteiger partial charge in [-0.3, -0.25) is 4.79 Å². The van der Waals surface area contributed by atoms with E-state index in [4.69, 9.17) is 0 Å². The minimum Gasteiger partial charge on any atom is -0.324 e. The maximum atomic E-state index is 12.6. The van der Waals surface area contributed by atoms with Gasteiger partial charge in [0.1, 0.15) is 12.4 Å². The van der Waals surface area contributed by atoms with Gasteiger partial charge in [0.2, 0.25) is 5.91 Å². The second-order valence-electron chi connectivity index (χ2n) is 4.85. The topological polar surface area (TPSA) is 72.7 Å². The summed E-state index contributed by atoms with van der Waals surface area (Å²) in [6.07, 6.45) is 1.97. The van der Waals surface area contributed by atoms with Crippen molar-refractivity contribution in [1.82, 2.24) is 20.2 Å². The molecule has 0 aliphatic carbocycles. The van der Waals surface area contributed by atoms with E-state index in [-0.39, 0.29) is 5.91 Å². The minimum atomic E-state index is -0.502. The highest BCUT2D eigenvalue weighted by Gasteiger charge is 2.22. The average Bonchev–Trinajstić information content (AvgIpc) is 3.08. The molecule has 0 spiro atoms. The van der Waals surface area contributed by atoms with Gasteiger partial charge in [0.15, 0.2) is 0 Å². The SMILES string of the molecule is O=C(Nc1ccccc1)C(Cc1ccccc1)n1cnnn1. The summed E-state index contributed by atoms with van der Waals surface area (Å²) in [4.78, 5) is 12.6. The van der Waals surface area contributed by atoms with E-state index in [2.05, 4.69) is 20.8 Å². The number of anilines is 1. The van der Waals surface area contributed by atoms with Crippen molar-refractivity contribution in [2.75, 3.05) is 5.32 Å². The molecule has 1 N–H and O–H groups in total. The summed E-state index contributed by atoms with van der Waals surface area (Å²) in [7, 11) is 0. The largest absolute Gasteiger partial charge is 0.324 e. The maximum absolute atomic E-state index is 12.6. The van der Waals surface area contributed by atoms with E-state index in [0.717, 1.165) is 11.3 Å². The summed E-state index contributed by atoms with van der Waals surface area (Å²) in [5.74, 6) is -0.151. The summed E-state index contributed by atoms with van der Waals surface area (Å²) in [5, 5.41) is 14.0. The second kappa shape index (κ2) is 6.62. The molecule has 1 unspecified atom stereocenters. The van der Waals surface area contributed by atoms with Crippen LogP contribution in [-0.2, 0) is 11.2 Å². The Hall–Kier alpha value is -3.02. The van der Waals surface area contributed by atoms with Crippen LogP contribution in [0.4, 0.5) is 5.69 Å². The Morgan fingerprint density at radius 3 is 2.36 bits per heavy atom. The number of benzene rings is 2. The van der Waals surface area contributed by atoms with Gasteiger partial charge in [-0.2, -0.15) is 0 Å². The number of amides is 1. The molecule has 6 nitrogen and oxygen atoms in total. The Kier molecular flexibility index (Phi) is 4.20. The van der Waals surface area contributed by atoms with Crippen molar-refractivity contribution >= 4 is 11.6 Å². The number of para-hydroxylation sites is 1. The molecule has 0 radical (unpaired) electrons. The molecule has 1 atom stereocenters. The predicted molar refractivity (Wildman–Crippen MR) is 82.1 cm³/mol. The van der Waals surface area contributed by atoms with Crippen LogP contribution in [0.3, 0.4) is 0 Å². The molecule has 22 heavy (non-hydrogen) atoms. The Morgan fingerprint density at radius 1 is 1.05 bits per heavy atom. The van der Waals surface area contributed by atoms with Crippen LogP contribution in [-0.4, -0.2) is 26.1 Å². The van der Waals surface area contributed by atoms with Crippen LogP contribution < -0.4 is 5.32 Å². The number of hydrogen-bond donors (Lipinski definition) is 1. The lowest BCUT2D eigenvalue weighted by molar-refractivity contribution is -0.119. The van der Waals surface area contributed by atoms with Crippen molar-refractivity contribution < 1.29 is 4.79 Å². The minimum absolute atomic E-state index is 0.151. The molecule has 1 heterocycles. The van der Waals surface area contributed by atoms with Gasteiger partial charge in [-0.15, -0.1) is 5.10 Å². The molecule has 0 bridgehead atoms. The zero-order valence-corrected chi connectivity index (χ0v) is 11.8. The Balaban J connectivity index is 1.81. The molecule has 0 fully saturated rings. The van der Waals surface area contributed by atoms with Crippen LogP contribution in [0.2, 0.25) is 0 Å². The summed E-state index contributed by atoms with van der Waals surface area (Å²) in [6.45, 7) is 0. The summed E-state index contributed by atoms with van der Waals surface area (Å²) in [6, 6.07) is 18.6. The van der Waals surface area contributed by atoms with Gasteiger partial charge >= 0.3 is 0 Å². The van der Waals surface area contributed by atoms with Crippen LogP contribution in [0.25, 0.3) is 0 Å². The summed E-state index contributed by atoms with van der Waals surface area (Å²) >= 11 is 0. The van der Waals surface area contributed by atoms with Gasteiger partial charge in [-0.25, -0.2) is 4.68 Å². The predicted octanol–water partition coefficient (Wildman–Crippen LogP) is 2.10. The molecule has 0 saturated heterocycles. The molecular weight excluding hydrogens is 278 g/mol. The van der Waals surface area contributed by atoms with E-state index in [1.54, 1.807) is 0 Å². The number of hydrogen-bond acceptors (Lipinski definition) is 4. The standard InChI is InChI=1S/C16H15N5O/c22-16(18-14-9-5-2-6-10-14)15(21-12-17-19-20-21)11-13-7-3-1-4-8-13/h1-10,12,15H,11H2,(H,18,22). The van der Waals surface area contributed by atoms with Crippen molar-refractivity contribution in [3.63, 3.8) is 0 Å². The molecule has 0 aliphatic heterocycles. The molecule has 1 aromatic heterocycles. The third-order valence-corrected chi connectivity index (χ3v) is 3.30. The van der Waals surface area contributed by atoms with Crippen molar-refractivity contribution in [2.45, 2.75) is 12.5 Å². The van der Waals surface area contributed by atoms with Gasteiger partial charge in [-0.1, -0.05) is 48.5 Å². The molecule has 0 aliphatic rings. The van der Waals surface area contributed by atoms with E-state index in [1.165, 1.54) is 11.0 Å². The van der Waals surface area contributed by atoms with E-state index in [9.17, 15) is 4.79 Å². The molecule has 0 saturated carbocycles. The zero-order chi connectivity index (χ0) is 15.2. The van der Waals surface area contributed by atoms with Crippen LogP contribution in [0.15, 0.2) is 67.0 Å². The first-order valence-electron chi connectivity index (χ1n) is 6.95. The monoisotopic (exact) mass is 293 g/mol. The zero-order valence-electron chi connectivity index (χ0n) is 11.8. The highest BCUT2D eigenvalue weighted by atomic mass is 16.2. The van der Waals surface area contributed by atoms with Crippen LogP contribution in [0, 0.1) is 0 Å². The van der Waals surface area contributed by atoms with Crippen LogP contribution in [0.5, 0.6) is 0 Å². The number of nitrogens with one attached hydrogen (secondary N) is 1. The van der Waals surface area contributed by atoms with E-state index < -0.39 is 6.04 Å². The van der Waals surface area contributed by atoms with E-state index >= 15 is 0 Å². The molecule has 6 heteroatoms. The smallest absolute Gasteiger partial charge is 0.249 e. The lowest BCUT2D eigenvalue weighted by Crippen LogP contribution is -2.28.